The van der Waals surface area contributed by atoms with Crippen LogP contribution in [0, 0.1) is 0 Å². The van der Waals surface area contributed by atoms with Crippen molar-refractivity contribution in [3.05, 3.63) is 24.3 Å². The molecule has 1 aromatic rings. The van der Waals surface area contributed by atoms with Crippen molar-refractivity contribution in [2.75, 3.05) is 36.4 Å². The van der Waals surface area contributed by atoms with Gasteiger partial charge in [-0.15, -0.1) is 23.2 Å². The summed E-state index contributed by atoms with van der Waals surface area (Å²) >= 11 is 12.8. The summed E-state index contributed by atoms with van der Waals surface area (Å²) in [4.78, 5) is 2.90. The van der Waals surface area contributed by atoms with E-state index in [1.165, 1.54) is 11.8 Å². The van der Waals surface area contributed by atoms with E-state index in [2.05, 4.69) is 4.90 Å². The van der Waals surface area contributed by atoms with Crippen molar-refractivity contribution in [1.82, 2.24) is 0 Å². The zero-order chi connectivity index (χ0) is 18.4. The second-order valence-corrected chi connectivity index (χ2v) is 7.60. The summed E-state index contributed by atoms with van der Waals surface area (Å²) in [5, 5.41) is 39.0. The first-order chi connectivity index (χ1) is 12.0. The number of nitrogens with zero attached hydrogens (tertiary/aromatic N) is 1. The lowest BCUT2D eigenvalue weighted by molar-refractivity contribution is -0.205. The number of ether oxygens (including phenoxy) is 1. The van der Waals surface area contributed by atoms with Crippen LogP contribution in [-0.4, -0.2) is 81.7 Å². The fourth-order valence-corrected chi connectivity index (χ4v) is 4.08. The molecule has 1 fully saturated rings. The highest BCUT2D eigenvalue weighted by Crippen LogP contribution is 2.34. The lowest BCUT2D eigenvalue weighted by Crippen LogP contribution is -2.57. The third kappa shape index (κ3) is 5.37. The van der Waals surface area contributed by atoms with Crippen LogP contribution in [0.5, 0.6) is 0 Å². The van der Waals surface area contributed by atoms with Gasteiger partial charge in [0.15, 0.2) is 0 Å². The molecule has 1 unspecified atom stereocenters. The van der Waals surface area contributed by atoms with Crippen molar-refractivity contribution in [2.24, 2.45) is 0 Å². The van der Waals surface area contributed by atoms with E-state index in [4.69, 9.17) is 27.9 Å². The van der Waals surface area contributed by atoms with Crippen LogP contribution in [0.3, 0.4) is 0 Å². The van der Waals surface area contributed by atoms with Crippen LogP contribution >= 0.6 is 35.0 Å². The fraction of sp³-hybridized carbons (Fsp3) is 0.625. The zero-order valence-corrected chi connectivity index (χ0v) is 15.9. The maximum atomic E-state index is 10.1. The normalized spacial score (nSPS) is 29.6. The summed E-state index contributed by atoms with van der Waals surface area (Å²) in [6.07, 6.45) is -4.88. The number of anilines is 1. The summed E-state index contributed by atoms with van der Waals surface area (Å²) < 4.78 is 5.50. The number of alkyl halides is 2. The van der Waals surface area contributed by atoms with Gasteiger partial charge in [0, 0.05) is 35.4 Å². The molecule has 1 aliphatic heterocycles. The molecule has 2 rings (SSSR count). The molecule has 1 aromatic carbocycles. The third-order valence-electron chi connectivity index (χ3n) is 4.01. The number of halogens is 2. The highest BCUT2D eigenvalue weighted by Gasteiger charge is 2.43. The maximum absolute atomic E-state index is 10.1. The summed E-state index contributed by atoms with van der Waals surface area (Å²) in [5.74, 6) is 0.997. The lowest BCUT2D eigenvalue weighted by Gasteiger charge is -2.39. The first-order valence-electron chi connectivity index (χ1n) is 7.96. The first-order valence-corrected chi connectivity index (χ1v) is 9.90. The second-order valence-electron chi connectivity index (χ2n) is 5.67. The standard InChI is InChI=1S/C16H23Cl2NO5S/c17-5-7-19(8-6-18)10-1-3-11(4-2-10)25-16-15(23)14(22)13(21)12(9-20)24-16/h1-4,12-16,20-23H,5-9H2/t12-,13-,14+,15-,16?/m1/s1. The molecule has 1 saturated heterocycles. The number of benzene rings is 1. The molecular weight excluding hydrogens is 389 g/mol. The Bertz CT molecular complexity index is 516. The van der Waals surface area contributed by atoms with Gasteiger partial charge in [-0.25, -0.2) is 0 Å². The Balaban J connectivity index is 2.04. The summed E-state index contributed by atoms with van der Waals surface area (Å²) in [7, 11) is 0. The van der Waals surface area contributed by atoms with Crippen LogP contribution in [0.1, 0.15) is 0 Å². The molecule has 0 bridgehead atoms. The molecule has 0 spiro atoms. The molecule has 9 heteroatoms. The van der Waals surface area contributed by atoms with Crippen molar-refractivity contribution >= 4 is 40.7 Å². The average Bonchev–Trinajstić information content (AvgIpc) is 2.62. The molecule has 5 atom stereocenters. The molecular formula is C16H23Cl2NO5S. The Hall–Kier alpha value is -0.250. The minimum Gasteiger partial charge on any atom is -0.394 e. The van der Waals surface area contributed by atoms with Gasteiger partial charge in [-0.1, -0.05) is 11.8 Å². The van der Waals surface area contributed by atoms with Gasteiger partial charge in [-0.2, -0.15) is 0 Å². The van der Waals surface area contributed by atoms with Gasteiger partial charge in [0.25, 0.3) is 0 Å². The van der Waals surface area contributed by atoms with Gasteiger partial charge in [0.1, 0.15) is 29.9 Å². The van der Waals surface area contributed by atoms with Gasteiger partial charge in [0.2, 0.25) is 0 Å². The highest BCUT2D eigenvalue weighted by atomic mass is 35.5. The average molecular weight is 412 g/mol. The SMILES string of the molecule is OC[C@H]1OC(Sc2ccc(N(CCCl)CCCl)cc2)[C@H](O)[C@@H](O)[C@@H]1O. The monoisotopic (exact) mass is 411 g/mol. The van der Waals surface area contributed by atoms with Crippen LogP contribution < -0.4 is 4.90 Å². The predicted octanol–water partition coefficient (Wildman–Crippen LogP) is 0.863. The number of aliphatic hydroxyl groups excluding tert-OH is 4. The molecule has 0 amide bonds. The molecule has 142 valence electrons. The topological polar surface area (TPSA) is 93.4 Å². The molecule has 1 aliphatic rings. The van der Waals surface area contributed by atoms with E-state index >= 15 is 0 Å². The molecule has 0 aromatic heterocycles. The van der Waals surface area contributed by atoms with E-state index in [9.17, 15) is 20.4 Å². The second kappa shape index (κ2) is 10.2. The fourth-order valence-electron chi connectivity index (χ4n) is 2.61. The number of thioether (sulfide) groups is 1. The zero-order valence-electron chi connectivity index (χ0n) is 13.5. The van der Waals surface area contributed by atoms with Crippen LogP contribution in [0.4, 0.5) is 5.69 Å². The highest BCUT2D eigenvalue weighted by molar-refractivity contribution is 7.99. The molecule has 4 N–H and O–H groups in total. The largest absolute Gasteiger partial charge is 0.394 e. The summed E-state index contributed by atoms with van der Waals surface area (Å²) in [5.41, 5.74) is 0.197. The lowest BCUT2D eigenvalue weighted by atomic mass is 10.0. The summed E-state index contributed by atoms with van der Waals surface area (Å²) in [6, 6.07) is 7.59. The Morgan fingerprint density at radius 3 is 2.08 bits per heavy atom. The smallest absolute Gasteiger partial charge is 0.136 e. The molecule has 1 heterocycles. The van der Waals surface area contributed by atoms with E-state index in [0.717, 1.165) is 10.6 Å². The number of aliphatic hydroxyl groups is 4. The molecule has 6 nitrogen and oxygen atoms in total. The number of rotatable bonds is 8. The summed E-state index contributed by atoms with van der Waals surface area (Å²) in [6.45, 7) is 0.938. The van der Waals surface area contributed by atoms with Gasteiger partial charge in [-0.3, -0.25) is 0 Å². The molecule has 0 radical (unpaired) electrons. The van der Waals surface area contributed by atoms with E-state index in [-0.39, 0.29) is 0 Å². The van der Waals surface area contributed by atoms with Gasteiger partial charge >= 0.3 is 0 Å². The van der Waals surface area contributed by atoms with E-state index in [1.54, 1.807) is 0 Å². The van der Waals surface area contributed by atoms with Crippen molar-refractivity contribution in [1.29, 1.82) is 0 Å². The van der Waals surface area contributed by atoms with E-state index < -0.39 is 36.5 Å². The third-order valence-corrected chi connectivity index (χ3v) is 5.52. The minimum atomic E-state index is -1.37. The van der Waals surface area contributed by atoms with Crippen molar-refractivity contribution in [2.45, 2.75) is 34.7 Å². The first kappa shape index (κ1) is 21.1. The van der Waals surface area contributed by atoms with Crippen molar-refractivity contribution < 1.29 is 25.2 Å². The Morgan fingerprint density at radius 1 is 0.960 bits per heavy atom. The molecule has 25 heavy (non-hydrogen) atoms. The van der Waals surface area contributed by atoms with Crippen LogP contribution in [0.2, 0.25) is 0 Å². The van der Waals surface area contributed by atoms with Gasteiger partial charge < -0.3 is 30.1 Å². The van der Waals surface area contributed by atoms with E-state index in [0.29, 0.717) is 24.8 Å². The Labute approximate surface area is 161 Å². The number of hydrogen-bond donors (Lipinski definition) is 4. The molecule has 0 saturated carbocycles. The van der Waals surface area contributed by atoms with Crippen molar-refractivity contribution in [3.63, 3.8) is 0 Å². The van der Waals surface area contributed by atoms with Gasteiger partial charge in [-0.05, 0) is 24.3 Å². The quantitative estimate of drug-likeness (QED) is 0.471. The number of hydrogen-bond acceptors (Lipinski definition) is 7. The Kier molecular flexibility index (Phi) is 8.57. The van der Waals surface area contributed by atoms with Crippen LogP contribution in [-0.2, 0) is 4.74 Å². The van der Waals surface area contributed by atoms with Crippen molar-refractivity contribution in [3.8, 4) is 0 Å². The predicted molar refractivity (Wildman–Crippen MR) is 99.7 cm³/mol. The molecule has 0 aliphatic carbocycles. The minimum absolute atomic E-state index is 0.438. The van der Waals surface area contributed by atoms with Crippen LogP contribution in [0.15, 0.2) is 29.2 Å². The van der Waals surface area contributed by atoms with Crippen LogP contribution in [0.25, 0.3) is 0 Å². The van der Waals surface area contributed by atoms with Gasteiger partial charge in [0.05, 0.1) is 6.61 Å². The Morgan fingerprint density at radius 2 is 1.56 bits per heavy atom. The maximum Gasteiger partial charge on any atom is 0.136 e. The van der Waals surface area contributed by atoms with E-state index in [1.807, 2.05) is 24.3 Å².